The molecule has 5 rings (SSSR count). The zero-order chi connectivity index (χ0) is 25.8. The number of ether oxygens (including phenoxy) is 1. The van der Waals surface area contributed by atoms with Gasteiger partial charge in [-0.15, -0.1) is 0 Å². The van der Waals surface area contributed by atoms with Crippen molar-refractivity contribution in [2.75, 3.05) is 6.61 Å². The summed E-state index contributed by atoms with van der Waals surface area (Å²) < 4.78 is 4.52. The van der Waals surface area contributed by atoms with Gasteiger partial charge in [-0.2, -0.15) is 0 Å². The minimum absolute atomic E-state index is 0.174. The van der Waals surface area contributed by atoms with Crippen molar-refractivity contribution in [1.29, 1.82) is 0 Å². The first-order chi connectivity index (χ1) is 17.0. The summed E-state index contributed by atoms with van der Waals surface area (Å²) in [5.74, 6) is -1.98. The van der Waals surface area contributed by atoms with Gasteiger partial charge >= 0.3 is 5.97 Å². The SMILES string of the molecule is O=C1CCC(N2Cc3cccc([C@H]4C[C@@]4(C(=O)OCC(Cl)(Cl)Cl)c4ccc(Br)cc4)c3C2=O)C(=O)N1. The molecule has 2 aromatic rings. The number of carbonyl (C=O) groups excluding carboxylic acids is 4. The van der Waals surface area contributed by atoms with Crippen molar-refractivity contribution < 1.29 is 23.9 Å². The smallest absolute Gasteiger partial charge is 0.317 e. The van der Waals surface area contributed by atoms with Crippen molar-refractivity contribution in [1.82, 2.24) is 10.2 Å². The van der Waals surface area contributed by atoms with Crippen molar-refractivity contribution in [3.63, 3.8) is 0 Å². The van der Waals surface area contributed by atoms with Gasteiger partial charge in [-0.1, -0.05) is 81.1 Å². The van der Waals surface area contributed by atoms with E-state index in [0.717, 1.165) is 15.6 Å². The molecule has 0 spiro atoms. The minimum Gasteiger partial charge on any atom is -0.460 e. The number of carbonyl (C=O) groups is 4. The molecule has 1 saturated carbocycles. The van der Waals surface area contributed by atoms with E-state index in [9.17, 15) is 19.2 Å². The van der Waals surface area contributed by atoms with E-state index in [4.69, 9.17) is 39.5 Å². The third-order valence-electron chi connectivity index (χ3n) is 7.01. The molecule has 188 valence electrons. The number of halogens is 4. The minimum atomic E-state index is -1.76. The van der Waals surface area contributed by atoms with Crippen LogP contribution in [0.4, 0.5) is 0 Å². The Labute approximate surface area is 230 Å². The average molecular weight is 615 g/mol. The second kappa shape index (κ2) is 9.31. The molecule has 3 atom stereocenters. The van der Waals surface area contributed by atoms with Gasteiger partial charge in [0.1, 0.15) is 18.1 Å². The van der Waals surface area contributed by atoms with Crippen LogP contribution in [0, 0.1) is 0 Å². The highest BCUT2D eigenvalue weighted by Crippen LogP contribution is 2.62. The molecule has 2 fully saturated rings. The average Bonchev–Trinajstić information content (AvgIpc) is 3.49. The molecule has 2 heterocycles. The van der Waals surface area contributed by atoms with E-state index in [2.05, 4.69) is 21.2 Å². The molecule has 7 nitrogen and oxygen atoms in total. The van der Waals surface area contributed by atoms with Crippen LogP contribution in [0.5, 0.6) is 0 Å². The van der Waals surface area contributed by atoms with Gasteiger partial charge in [-0.05, 0) is 41.7 Å². The van der Waals surface area contributed by atoms with E-state index in [1.807, 2.05) is 42.5 Å². The van der Waals surface area contributed by atoms with Crippen molar-refractivity contribution in [2.45, 2.75) is 47.0 Å². The van der Waals surface area contributed by atoms with Crippen LogP contribution in [0.25, 0.3) is 0 Å². The van der Waals surface area contributed by atoms with Crippen LogP contribution in [0.15, 0.2) is 46.9 Å². The van der Waals surface area contributed by atoms with E-state index in [-0.39, 0.29) is 37.1 Å². The fraction of sp³-hybridized carbons (Fsp3) is 0.360. The van der Waals surface area contributed by atoms with Crippen molar-refractivity contribution in [3.05, 3.63) is 69.2 Å². The molecule has 2 aromatic carbocycles. The first kappa shape index (κ1) is 25.5. The highest BCUT2D eigenvalue weighted by Gasteiger charge is 2.64. The number of hydrogen-bond acceptors (Lipinski definition) is 5. The first-order valence-corrected chi connectivity index (χ1v) is 13.2. The van der Waals surface area contributed by atoms with Gasteiger partial charge < -0.3 is 9.64 Å². The van der Waals surface area contributed by atoms with Gasteiger partial charge in [0.25, 0.3) is 5.91 Å². The highest BCUT2D eigenvalue weighted by molar-refractivity contribution is 9.10. The summed E-state index contributed by atoms with van der Waals surface area (Å²) in [5.41, 5.74) is 1.65. The number of benzene rings is 2. The van der Waals surface area contributed by atoms with Gasteiger partial charge in [-0.25, -0.2) is 0 Å². The van der Waals surface area contributed by atoms with E-state index in [1.165, 1.54) is 4.90 Å². The lowest BCUT2D eigenvalue weighted by atomic mass is 9.88. The molecule has 1 N–H and O–H groups in total. The van der Waals surface area contributed by atoms with E-state index in [1.54, 1.807) is 0 Å². The quantitative estimate of drug-likeness (QED) is 0.303. The number of imide groups is 1. The molecule has 0 aromatic heterocycles. The maximum atomic E-state index is 13.6. The number of hydrogen-bond donors (Lipinski definition) is 1. The van der Waals surface area contributed by atoms with Crippen LogP contribution in [-0.2, 0) is 31.1 Å². The fourth-order valence-electron chi connectivity index (χ4n) is 5.26. The van der Waals surface area contributed by atoms with Crippen LogP contribution in [0.1, 0.15) is 52.2 Å². The number of alkyl halides is 3. The Hall–Kier alpha value is -2.13. The second-order valence-electron chi connectivity index (χ2n) is 9.21. The Bertz CT molecular complexity index is 1280. The molecule has 36 heavy (non-hydrogen) atoms. The molecule has 3 amide bonds. The lowest BCUT2D eigenvalue weighted by Gasteiger charge is -2.29. The third kappa shape index (κ3) is 4.53. The summed E-state index contributed by atoms with van der Waals surface area (Å²) in [4.78, 5) is 52.5. The molecule has 2 aliphatic heterocycles. The standard InChI is InChI=1S/C25H20BrCl3N2O5/c26-15-6-4-14(5-7-15)24(23(35)36-12-25(27,28)29)10-17(24)16-3-1-2-13-11-31(22(34)20(13)16)18-8-9-19(32)30-21(18)33/h1-7,17-18H,8-12H2,(H,30,32,33)/t17-,18?,24-/m1/s1. The predicted octanol–water partition coefficient (Wildman–Crippen LogP) is 4.55. The second-order valence-corrected chi connectivity index (χ2v) is 12.6. The normalized spacial score (nSPS) is 25.4. The summed E-state index contributed by atoms with van der Waals surface area (Å²) in [6.45, 7) is -0.152. The van der Waals surface area contributed by atoms with Crippen molar-refractivity contribution >= 4 is 74.4 Å². The Kier molecular flexibility index (Phi) is 6.60. The lowest BCUT2D eigenvalue weighted by molar-refractivity contribution is -0.147. The number of fused-ring (bicyclic) bond motifs is 1. The Balaban J connectivity index is 1.48. The molecule has 11 heteroatoms. The summed E-state index contributed by atoms with van der Waals surface area (Å²) in [6, 6.07) is 12.1. The monoisotopic (exact) mass is 612 g/mol. The van der Waals surface area contributed by atoms with Gasteiger partial charge in [-0.3, -0.25) is 24.5 Å². The molecule has 1 saturated heterocycles. The molecule has 0 radical (unpaired) electrons. The predicted molar refractivity (Wildman–Crippen MR) is 137 cm³/mol. The maximum Gasteiger partial charge on any atom is 0.317 e. The number of piperidine rings is 1. The summed E-state index contributed by atoms with van der Waals surface area (Å²) in [5, 5.41) is 2.31. The van der Waals surface area contributed by atoms with E-state index < -0.39 is 33.7 Å². The Morgan fingerprint density at radius 1 is 1.14 bits per heavy atom. The van der Waals surface area contributed by atoms with Crippen LogP contribution in [0.2, 0.25) is 0 Å². The van der Waals surface area contributed by atoms with Crippen molar-refractivity contribution in [3.8, 4) is 0 Å². The third-order valence-corrected chi connectivity index (χ3v) is 7.87. The summed E-state index contributed by atoms with van der Waals surface area (Å²) >= 11 is 20.9. The van der Waals surface area contributed by atoms with Crippen molar-refractivity contribution in [2.24, 2.45) is 0 Å². The summed E-state index contributed by atoms with van der Waals surface area (Å²) in [6.07, 6.45) is 0.860. The van der Waals surface area contributed by atoms with E-state index >= 15 is 0 Å². The topological polar surface area (TPSA) is 92.8 Å². The van der Waals surface area contributed by atoms with Crippen LogP contribution in [-0.4, -0.2) is 45.0 Å². The molecule has 0 bridgehead atoms. The number of amides is 3. The molecular weight excluding hydrogens is 595 g/mol. The van der Waals surface area contributed by atoms with Gasteiger partial charge in [0.15, 0.2) is 0 Å². The molecular formula is C25H20BrCl3N2O5. The molecule has 1 aliphatic carbocycles. The number of esters is 1. The van der Waals surface area contributed by atoms with Gasteiger partial charge in [0, 0.05) is 28.9 Å². The lowest BCUT2D eigenvalue weighted by Crippen LogP contribution is -2.52. The first-order valence-electron chi connectivity index (χ1n) is 11.3. The molecule has 1 unspecified atom stereocenters. The zero-order valence-electron chi connectivity index (χ0n) is 18.7. The van der Waals surface area contributed by atoms with Crippen LogP contribution in [0.3, 0.4) is 0 Å². The highest BCUT2D eigenvalue weighted by atomic mass is 79.9. The van der Waals surface area contributed by atoms with Gasteiger partial charge in [0.05, 0.1) is 0 Å². The van der Waals surface area contributed by atoms with E-state index in [0.29, 0.717) is 17.5 Å². The number of nitrogens with one attached hydrogen (secondary N) is 1. The Morgan fingerprint density at radius 3 is 2.53 bits per heavy atom. The fourth-order valence-corrected chi connectivity index (χ4v) is 5.69. The number of nitrogens with zero attached hydrogens (tertiary/aromatic N) is 1. The molecule has 3 aliphatic rings. The number of rotatable bonds is 5. The van der Waals surface area contributed by atoms with Crippen LogP contribution >= 0.6 is 50.7 Å². The summed E-state index contributed by atoms with van der Waals surface area (Å²) in [7, 11) is 0. The van der Waals surface area contributed by atoms with Gasteiger partial charge in [0.2, 0.25) is 15.6 Å². The Morgan fingerprint density at radius 2 is 1.86 bits per heavy atom. The van der Waals surface area contributed by atoms with Crippen LogP contribution < -0.4 is 5.32 Å². The largest absolute Gasteiger partial charge is 0.460 e. The zero-order valence-corrected chi connectivity index (χ0v) is 22.6. The maximum absolute atomic E-state index is 13.6.